The third-order valence-corrected chi connectivity index (χ3v) is 2.36. The van der Waals surface area contributed by atoms with E-state index in [0.29, 0.717) is 12.5 Å². The number of methoxy groups -OCH3 is 1. The van der Waals surface area contributed by atoms with Crippen LogP contribution in [0.5, 0.6) is 11.6 Å². The summed E-state index contributed by atoms with van der Waals surface area (Å²) in [5.74, 6) is 1.40. The standard InChI is InChI=1S/C13H14N2O2/c1-10-12(4-3-7-14-10)17-9-11-5-6-13(16-2)15-8-11/h3-8H,9H2,1-2H3. The molecule has 0 radical (unpaired) electrons. The molecule has 0 N–H and O–H groups in total. The lowest BCUT2D eigenvalue weighted by atomic mass is 10.3. The Labute approximate surface area is 100 Å². The molecule has 0 aliphatic carbocycles. The van der Waals surface area contributed by atoms with E-state index in [1.807, 2.05) is 31.2 Å². The summed E-state index contributed by atoms with van der Waals surface area (Å²) in [6, 6.07) is 7.50. The van der Waals surface area contributed by atoms with E-state index < -0.39 is 0 Å². The van der Waals surface area contributed by atoms with E-state index in [1.165, 1.54) is 0 Å². The second kappa shape index (κ2) is 5.30. The number of nitrogens with zero attached hydrogens (tertiary/aromatic N) is 2. The lowest BCUT2D eigenvalue weighted by molar-refractivity contribution is 0.301. The van der Waals surface area contributed by atoms with Gasteiger partial charge in [0.1, 0.15) is 12.4 Å². The van der Waals surface area contributed by atoms with Crippen molar-refractivity contribution in [3.63, 3.8) is 0 Å². The van der Waals surface area contributed by atoms with Gasteiger partial charge in [0.25, 0.3) is 0 Å². The third-order valence-electron chi connectivity index (χ3n) is 2.36. The summed E-state index contributed by atoms with van der Waals surface area (Å²) in [7, 11) is 1.59. The monoisotopic (exact) mass is 230 g/mol. The fraction of sp³-hybridized carbons (Fsp3) is 0.231. The number of hydrogen-bond acceptors (Lipinski definition) is 4. The molecule has 4 nitrogen and oxygen atoms in total. The highest BCUT2D eigenvalue weighted by Gasteiger charge is 2.00. The van der Waals surface area contributed by atoms with Gasteiger partial charge in [0.15, 0.2) is 0 Å². The predicted octanol–water partition coefficient (Wildman–Crippen LogP) is 2.37. The molecule has 0 aliphatic rings. The Balaban J connectivity index is 2.00. The molecule has 17 heavy (non-hydrogen) atoms. The van der Waals surface area contributed by atoms with Crippen molar-refractivity contribution in [2.24, 2.45) is 0 Å². The van der Waals surface area contributed by atoms with Crippen LogP contribution in [0.3, 0.4) is 0 Å². The van der Waals surface area contributed by atoms with E-state index in [2.05, 4.69) is 9.97 Å². The summed E-state index contributed by atoms with van der Waals surface area (Å²) >= 11 is 0. The number of aryl methyl sites for hydroxylation is 1. The topological polar surface area (TPSA) is 44.2 Å². The van der Waals surface area contributed by atoms with E-state index in [-0.39, 0.29) is 0 Å². The van der Waals surface area contributed by atoms with Crippen LogP contribution in [0.15, 0.2) is 36.7 Å². The van der Waals surface area contributed by atoms with Crippen LogP contribution in [0.4, 0.5) is 0 Å². The van der Waals surface area contributed by atoms with Crippen molar-refractivity contribution in [3.05, 3.63) is 47.9 Å². The highest BCUT2D eigenvalue weighted by molar-refractivity contribution is 5.26. The van der Waals surface area contributed by atoms with E-state index in [9.17, 15) is 0 Å². The zero-order valence-corrected chi connectivity index (χ0v) is 9.88. The average Bonchev–Trinajstić information content (AvgIpc) is 2.38. The maximum Gasteiger partial charge on any atom is 0.212 e. The van der Waals surface area contributed by atoms with Gasteiger partial charge in [-0.1, -0.05) is 0 Å². The van der Waals surface area contributed by atoms with Gasteiger partial charge in [0.2, 0.25) is 5.88 Å². The van der Waals surface area contributed by atoms with E-state index in [1.54, 1.807) is 19.5 Å². The normalized spacial score (nSPS) is 10.0. The molecule has 4 heteroatoms. The van der Waals surface area contributed by atoms with Gasteiger partial charge in [-0.3, -0.25) is 4.98 Å². The average molecular weight is 230 g/mol. The Bertz CT molecular complexity index is 483. The summed E-state index contributed by atoms with van der Waals surface area (Å²) in [6.45, 7) is 2.39. The molecular formula is C13H14N2O2. The molecule has 2 heterocycles. The Kier molecular flexibility index (Phi) is 3.55. The molecule has 0 saturated carbocycles. The minimum Gasteiger partial charge on any atom is -0.487 e. The first-order chi connectivity index (χ1) is 8.29. The summed E-state index contributed by atoms with van der Waals surface area (Å²) in [6.07, 6.45) is 3.49. The Morgan fingerprint density at radius 1 is 1.18 bits per heavy atom. The molecule has 2 aromatic rings. The number of rotatable bonds is 4. The fourth-order valence-electron chi connectivity index (χ4n) is 1.40. The van der Waals surface area contributed by atoms with Gasteiger partial charge in [-0.05, 0) is 25.1 Å². The number of aromatic nitrogens is 2. The molecule has 0 spiro atoms. The van der Waals surface area contributed by atoms with Crippen LogP contribution in [-0.2, 0) is 6.61 Å². The minimum absolute atomic E-state index is 0.476. The first-order valence-electron chi connectivity index (χ1n) is 5.33. The highest BCUT2D eigenvalue weighted by atomic mass is 16.5. The largest absolute Gasteiger partial charge is 0.487 e. The van der Waals surface area contributed by atoms with Crippen LogP contribution in [0.25, 0.3) is 0 Å². The summed E-state index contributed by atoms with van der Waals surface area (Å²) in [4.78, 5) is 8.27. The molecular weight excluding hydrogens is 216 g/mol. The lowest BCUT2D eigenvalue weighted by Gasteiger charge is -2.08. The second-order valence-corrected chi connectivity index (χ2v) is 3.58. The van der Waals surface area contributed by atoms with Crippen molar-refractivity contribution in [1.29, 1.82) is 0 Å². The van der Waals surface area contributed by atoms with E-state index >= 15 is 0 Å². The Morgan fingerprint density at radius 2 is 2.06 bits per heavy atom. The van der Waals surface area contributed by atoms with Crippen molar-refractivity contribution in [1.82, 2.24) is 9.97 Å². The first kappa shape index (κ1) is 11.4. The summed E-state index contributed by atoms with van der Waals surface area (Å²) in [5.41, 5.74) is 1.88. The molecule has 0 amide bonds. The van der Waals surface area contributed by atoms with Gasteiger partial charge < -0.3 is 9.47 Å². The number of ether oxygens (including phenoxy) is 2. The number of pyridine rings is 2. The Hall–Kier alpha value is -2.10. The smallest absolute Gasteiger partial charge is 0.212 e. The lowest BCUT2D eigenvalue weighted by Crippen LogP contribution is -1.98. The second-order valence-electron chi connectivity index (χ2n) is 3.58. The maximum atomic E-state index is 5.65. The molecule has 2 aromatic heterocycles. The van der Waals surface area contributed by atoms with Gasteiger partial charge >= 0.3 is 0 Å². The van der Waals surface area contributed by atoms with Gasteiger partial charge in [0.05, 0.1) is 12.8 Å². The van der Waals surface area contributed by atoms with Crippen LogP contribution < -0.4 is 9.47 Å². The minimum atomic E-state index is 0.476. The zero-order valence-electron chi connectivity index (χ0n) is 9.88. The van der Waals surface area contributed by atoms with Gasteiger partial charge in [-0.2, -0.15) is 0 Å². The SMILES string of the molecule is COc1ccc(COc2cccnc2C)cn1. The van der Waals surface area contributed by atoms with Crippen LogP contribution in [0.2, 0.25) is 0 Å². The van der Waals surface area contributed by atoms with Crippen molar-refractivity contribution in [2.45, 2.75) is 13.5 Å². The van der Waals surface area contributed by atoms with Crippen molar-refractivity contribution in [3.8, 4) is 11.6 Å². The molecule has 0 aliphatic heterocycles. The summed E-state index contributed by atoms with van der Waals surface area (Å²) < 4.78 is 10.6. The maximum absolute atomic E-state index is 5.65. The quantitative estimate of drug-likeness (QED) is 0.808. The molecule has 0 unspecified atom stereocenters. The van der Waals surface area contributed by atoms with Crippen LogP contribution in [0, 0.1) is 6.92 Å². The van der Waals surface area contributed by atoms with Crippen LogP contribution >= 0.6 is 0 Å². The molecule has 2 rings (SSSR count). The summed E-state index contributed by atoms with van der Waals surface area (Å²) in [5, 5.41) is 0. The van der Waals surface area contributed by atoms with Gasteiger partial charge in [-0.25, -0.2) is 4.98 Å². The third kappa shape index (κ3) is 2.93. The van der Waals surface area contributed by atoms with Crippen molar-refractivity contribution >= 4 is 0 Å². The highest BCUT2D eigenvalue weighted by Crippen LogP contribution is 2.16. The van der Waals surface area contributed by atoms with E-state index in [0.717, 1.165) is 17.0 Å². The van der Waals surface area contributed by atoms with Crippen molar-refractivity contribution < 1.29 is 9.47 Å². The predicted molar refractivity (Wildman–Crippen MR) is 64.1 cm³/mol. The van der Waals surface area contributed by atoms with Crippen LogP contribution in [0.1, 0.15) is 11.3 Å². The molecule has 0 fully saturated rings. The van der Waals surface area contributed by atoms with E-state index in [4.69, 9.17) is 9.47 Å². The van der Waals surface area contributed by atoms with Gasteiger partial charge in [0, 0.05) is 24.0 Å². The number of hydrogen-bond donors (Lipinski definition) is 0. The Morgan fingerprint density at radius 3 is 2.71 bits per heavy atom. The van der Waals surface area contributed by atoms with Gasteiger partial charge in [-0.15, -0.1) is 0 Å². The molecule has 0 saturated heterocycles. The molecule has 0 bridgehead atoms. The molecule has 0 atom stereocenters. The zero-order chi connectivity index (χ0) is 12.1. The molecule has 88 valence electrons. The fourth-order valence-corrected chi connectivity index (χ4v) is 1.40. The molecule has 0 aromatic carbocycles. The van der Waals surface area contributed by atoms with Crippen LogP contribution in [-0.4, -0.2) is 17.1 Å². The first-order valence-corrected chi connectivity index (χ1v) is 5.33. The van der Waals surface area contributed by atoms with Crippen molar-refractivity contribution in [2.75, 3.05) is 7.11 Å².